The molecule has 0 aliphatic rings. The third-order valence-electron chi connectivity index (χ3n) is 2.86. The number of aromatic nitrogens is 2. The van der Waals surface area contributed by atoms with E-state index in [1.165, 1.54) is 12.4 Å². The summed E-state index contributed by atoms with van der Waals surface area (Å²) in [5.41, 5.74) is 0. The molecule has 0 bridgehead atoms. The first-order valence-electron chi connectivity index (χ1n) is 6.32. The molecule has 1 aromatic rings. The van der Waals surface area contributed by atoms with E-state index in [0.29, 0.717) is 17.8 Å². The van der Waals surface area contributed by atoms with E-state index in [-0.39, 0.29) is 0 Å². The van der Waals surface area contributed by atoms with Crippen LogP contribution in [-0.4, -0.2) is 22.6 Å². The molecule has 1 aromatic heterocycles. The van der Waals surface area contributed by atoms with Crippen molar-refractivity contribution in [2.45, 2.75) is 46.6 Å². The van der Waals surface area contributed by atoms with E-state index in [0.717, 1.165) is 19.4 Å². The Hall–Kier alpha value is -1.19. The maximum absolute atomic E-state index is 13.2. The van der Waals surface area contributed by atoms with Crippen molar-refractivity contribution in [3.8, 4) is 0 Å². The fourth-order valence-corrected chi connectivity index (χ4v) is 2.03. The quantitative estimate of drug-likeness (QED) is 0.713. The van der Waals surface area contributed by atoms with Crippen molar-refractivity contribution in [2.75, 3.05) is 11.4 Å². The van der Waals surface area contributed by atoms with Gasteiger partial charge >= 0.3 is 0 Å². The largest absolute Gasteiger partial charge is 0.353 e. The van der Waals surface area contributed by atoms with Crippen molar-refractivity contribution in [1.82, 2.24) is 9.97 Å². The van der Waals surface area contributed by atoms with Gasteiger partial charge in [0, 0.05) is 18.7 Å². The average Bonchev–Trinajstić information content (AvgIpc) is 2.29. The molecule has 0 amide bonds. The Morgan fingerprint density at radius 1 is 1.24 bits per heavy atom. The van der Waals surface area contributed by atoms with Crippen LogP contribution in [0.4, 0.5) is 10.2 Å². The monoisotopic (exact) mass is 239 g/mol. The summed E-state index contributed by atoms with van der Waals surface area (Å²) in [6, 6.07) is 1.83. The normalized spacial score (nSPS) is 11.2. The van der Waals surface area contributed by atoms with E-state index < -0.39 is 5.95 Å². The minimum atomic E-state index is -0.463. The molecule has 17 heavy (non-hydrogen) atoms. The molecule has 0 spiro atoms. The minimum Gasteiger partial charge on any atom is -0.353 e. The summed E-state index contributed by atoms with van der Waals surface area (Å²) in [5.74, 6) is 0.753. The lowest BCUT2D eigenvalue weighted by atomic mass is 10.1. The van der Waals surface area contributed by atoms with Gasteiger partial charge in [0.2, 0.25) is 5.95 Å². The fraction of sp³-hybridized carbons (Fsp3) is 0.692. The molecule has 0 aliphatic heterocycles. The van der Waals surface area contributed by atoms with E-state index in [9.17, 15) is 4.39 Å². The highest BCUT2D eigenvalue weighted by atomic mass is 19.1. The van der Waals surface area contributed by atoms with Gasteiger partial charge in [0.15, 0.2) is 0 Å². The van der Waals surface area contributed by atoms with Gasteiger partial charge in [-0.25, -0.2) is 9.97 Å². The molecule has 0 aromatic carbocycles. The van der Waals surface area contributed by atoms with Gasteiger partial charge in [-0.1, -0.05) is 27.7 Å². The van der Waals surface area contributed by atoms with E-state index in [2.05, 4.69) is 42.6 Å². The van der Waals surface area contributed by atoms with Crippen LogP contribution in [0.3, 0.4) is 0 Å². The molecule has 0 unspecified atom stereocenters. The first kappa shape index (κ1) is 13.9. The molecule has 0 saturated carbocycles. The van der Waals surface area contributed by atoms with Gasteiger partial charge in [-0.05, 0) is 18.8 Å². The van der Waals surface area contributed by atoms with E-state index >= 15 is 0 Å². The van der Waals surface area contributed by atoms with Crippen LogP contribution in [0.1, 0.15) is 40.5 Å². The highest BCUT2D eigenvalue weighted by molar-refractivity contribution is 5.38. The molecule has 96 valence electrons. The number of anilines is 1. The molecule has 0 N–H and O–H groups in total. The van der Waals surface area contributed by atoms with Gasteiger partial charge in [0.1, 0.15) is 12.1 Å². The smallest absolute Gasteiger partial charge is 0.218 e. The molecule has 1 rings (SSSR count). The number of halogens is 1. The minimum absolute atomic E-state index is 0.409. The lowest BCUT2D eigenvalue weighted by molar-refractivity contribution is 0.499. The number of nitrogens with zero attached hydrogens (tertiary/aromatic N) is 3. The van der Waals surface area contributed by atoms with Crippen LogP contribution in [0.2, 0.25) is 0 Å². The second kappa shape index (κ2) is 6.52. The van der Waals surface area contributed by atoms with E-state index in [4.69, 9.17) is 0 Å². The molecule has 1 heterocycles. The van der Waals surface area contributed by atoms with E-state index in [1.807, 2.05) is 0 Å². The summed E-state index contributed by atoms with van der Waals surface area (Å²) in [6.45, 7) is 9.51. The maximum Gasteiger partial charge on any atom is 0.218 e. The summed E-state index contributed by atoms with van der Waals surface area (Å²) in [4.78, 5) is 9.88. The van der Waals surface area contributed by atoms with Crippen LogP contribution in [0.25, 0.3) is 0 Å². The predicted octanol–water partition coefficient (Wildman–Crippen LogP) is 3.27. The van der Waals surface area contributed by atoms with Crippen LogP contribution >= 0.6 is 0 Å². The van der Waals surface area contributed by atoms with Crippen molar-refractivity contribution in [3.63, 3.8) is 0 Å². The number of hydrogen-bond donors (Lipinski definition) is 0. The van der Waals surface area contributed by atoms with Gasteiger partial charge < -0.3 is 4.90 Å². The zero-order chi connectivity index (χ0) is 12.8. The molecule has 3 nitrogen and oxygen atoms in total. The van der Waals surface area contributed by atoms with Crippen molar-refractivity contribution in [2.24, 2.45) is 5.92 Å². The molecule has 0 aliphatic carbocycles. The Bertz CT molecular complexity index is 337. The Kier molecular flexibility index (Phi) is 5.32. The first-order chi connectivity index (χ1) is 8.08. The first-order valence-corrected chi connectivity index (χ1v) is 6.32. The topological polar surface area (TPSA) is 29.0 Å². The molecule has 0 fully saturated rings. The van der Waals surface area contributed by atoms with Gasteiger partial charge in [-0.15, -0.1) is 0 Å². The lowest BCUT2D eigenvalue weighted by Gasteiger charge is -2.32. The third-order valence-corrected chi connectivity index (χ3v) is 2.86. The zero-order valence-electron chi connectivity index (χ0n) is 11.2. The Morgan fingerprint density at radius 2 is 1.88 bits per heavy atom. The maximum atomic E-state index is 13.2. The summed E-state index contributed by atoms with van der Waals surface area (Å²) >= 11 is 0. The Labute approximate surface area is 103 Å². The van der Waals surface area contributed by atoms with Crippen LogP contribution < -0.4 is 4.90 Å². The van der Waals surface area contributed by atoms with Crippen molar-refractivity contribution >= 4 is 5.82 Å². The van der Waals surface area contributed by atoms with Gasteiger partial charge in [0.25, 0.3) is 0 Å². The fourth-order valence-electron chi connectivity index (χ4n) is 2.03. The SMILES string of the molecule is CCC(CC)N(CC(C)C)c1cc(F)ncn1. The summed E-state index contributed by atoms with van der Waals surface area (Å²) in [7, 11) is 0. The van der Waals surface area contributed by atoms with Crippen LogP contribution in [-0.2, 0) is 0 Å². The van der Waals surface area contributed by atoms with Gasteiger partial charge in [-0.2, -0.15) is 4.39 Å². The molecule has 0 atom stereocenters. The second-order valence-electron chi connectivity index (χ2n) is 4.72. The lowest BCUT2D eigenvalue weighted by Crippen LogP contribution is -2.38. The Morgan fingerprint density at radius 3 is 2.35 bits per heavy atom. The number of rotatable bonds is 6. The highest BCUT2D eigenvalue weighted by Gasteiger charge is 2.18. The third kappa shape index (κ3) is 3.95. The molecule has 4 heteroatoms. The van der Waals surface area contributed by atoms with Crippen LogP contribution in [0.5, 0.6) is 0 Å². The highest BCUT2D eigenvalue weighted by Crippen LogP contribution is 2.19. The van der Waals surface area contributed by atoms with Gasteiger partial charge in [0.05, 0.1) is 0 Å². The van der Waals surface area contributed by atoms with Gasteiger partial charge in [-0.3, -0.25) is 0 Å². The molecule has 0 radical (unpaired) electrons. The molecule has 0 saturated heterocycles. The van der Waals surface area contributed by atoms with Crippen LogP contribution in [0.15, 0.2) is 12.4 Å². The molecular formula is C13H22FN3. The second-order valence-corrected chi connectivity index (χ2v) is 4.72. The molecular weight excluding hydrogens is 217 g/mol. The average molecular weight is 239 g/mol. The summed E-state index contributed by atoms with van der Waals surface area (Å²) in [6.07, 6.45) is 3.37. The predicted molar refractivity (Wildman–Crippen MR) is 68.5 cm³/mol. The summed E-state index contributed by atoms with van der Waals surface area (Å²) < 4.78 is 13.2. The number of hydrogen-bond acceptors (Lipinski definition) is 3. The van der Waals surface area contributed by atoms with Crippen molar-refractivity contribution < 1.29 is 4.39 Å². The Balaban J connectivity index is 2.96. The summed E-state index contributed by atoms with van der Waals surface area (Å²) in [5, 5.41) is 0. The van der Waals surface area contributed by atoms with E-state index in [1.54, 1.807) is 0 Å². The van der Waals surface area contributed by atoms with Crippen molar-refractivity contribution in [3.05, 3.63) is 18.3 Å². The van der Waals surface area contributed by atoms with Crippen LogP contribution in [0, 0.1) is 11.9 Å². The standard InChI is InChI=1S/C13H22FN3/c1-5-11(6-2)17(8-10(3)4)13-7-12(14)15-9-16-13/h7,9-11H,5-6,8H2,1-4H3. The van der Waals surface area contributed by atoms with Crippen molar-refractivity contribution in [1.29, 1.82) is 0 Å². The zero-order valence-corrected chi connectivity index (χ0v) is 11.2.